The van der Waals surface area contributed by atoms with E-state index in [0.717, 1.165) is 24.3 Å². The van der Waals surface area contributed by atoms with Gasteiger partial charge in [-0.15, -0.1) is 0 Å². The minimum atomic E-state index is 0.0568. The molecule has 1 atom stereocenters. The summed E-state index contributed by atoms with van der Waals surface area (Å²) in [4.78, 5) is 13.7. The summed E-state index contributed by atoms with van der Waals surface area (Å²) in [6.45, 7) is 7.14. The molecule has 0 fully saturated rings. The summed E-state index contributed by atoms with van der Waals surface area (Å²) >= 11 is 0. The number of carbonyl (C=O) groups excluding carboxylic acids is 1. The van der Waals surface area contributed by atoms with Crippen molar-refractivity contribution in [2.75, 3.05) is 18.0 Å². The standard InChI is InChI=1S/C16H24N2O2/c1-11(2)16-10-18(12(3)19)14-9-13(5-4-8-17)6-7-15(14)20-16/h6-7,9,11,16H,4-5,8,10,17H2,1-3H3. The van der Waals surface area contributed by atoms with E-state index in [2.05, 4.69) is 26.0 Å². The van der Waals surface area contributed by atoms with E-state index in [1.807, 2.05) is 11.0 Å². The minimum absolute atomic E-state index is 0.0568. The Morgan fingerprint density at radius 3 is 2.85 bits per heavy atom. The first-order valence-corrected chi connectivity index (χ1v) is 7.30. The van der Waals surface area contributed by atoms with Gasteiger partial charge >= 0.3 is 0 Å². The van der Waals surface area contributed by atoms with Crippen molar-refractivity contribution in [1.29, 1.82) is 0 Å². The molecule has 1 aliphatic heterocycles. The zero-order valence-corrected chi connectivity index (χ0v) is 12.6. The molecule has 4 nitrogen and oxygen atoms in total. The number of anilines is 1. The van der Waals surface area contributed by atoms with Crippen LogP contribution in [0.5, 0.6) is 5.75 Å². The quantitative estimate of drug-likeness (QED) is 0.918. The summed E-state index contributed by atoms with van der Waals surface area (Å²) in [7, 11) is 0. The fraction of sp³-hybridized carbons (Fsp3) is 0.562. The first kappa shape index (κ1) is 14.9. The molecule has 1 aliphatic rings. The third kappa shape index (κ3) is 3.12. The van der Waals surface area contributed by atoms with Crippen molar-refractivity contribution in [3.05, 3.63) is 23.8 Å². The second kappa shape index (κ2) is 6.27. The summed E-state index contributed by atoms with van der Waals surface area (Å²) in [5.41, 5.74) is 7.65. The number of hydrogen-bond donors (Lipinski definition) is 1. The number of aryl methyl sites for hydroxylation is 1. The summed E-state index contributed by atoms with van der Waals surface area (Å²) in [5, 5.41) is 0. The van der Waals surface area contributed by atoms with E-state index in [9.17, 15) is 4.79 Å². The van der Waals surface area contributed by atoms with Gasteiger partial charge in [0.2, 0.25) is 5.91 Å². The van der Waals surface area contributed by atoms with Crippen LogP contribution in [0.25, 0.3) is 0 Å². The van der Waals surface area contributed by atoms with Gasteiger partial charge in [-0.3, -0.25) is 4.79 Å². The lowest BCUT2D eigenvalue weighted by Gasteiger charge is -2.36. The predicted octanol–water partition coefficient (Wildman–Crippen LogP) is 2.35. The molecule has 0 aromatic heterocycles. The van der Waals surface area contributed by atoms with Gasteiger partial charge in [0.1, 0.15) is 11.9 Å². The molecule has 1 aromatic rings. The van der Waals surface area contributed by atoms with Gasteiger partial charge in [-0.25, -0.2) is 0 Å². The van der Waals surface area contributed by atoms with Gasteiger partial charge in [-0.05, 0) is 43.0 Å². The van der Waals surface area contributed by atoms with Crippen LogP contribution in [0.4, 0.5) is 5.69 Å². The van der Waals surface area contributed by atoms with Gasteiger partial charge in [-0.2, -0.15) is 0 Å². The maximum Gasteiger partial charge on any atom is 0.224 e. The Labute approximate surface area is 120 Å². The van der Waals surface area contributed by atoms with E-state index >= 15 is 0 Å². The van der Waals surface area contributed by atoms with Crippen LogP contribution in [0, 0.1) is 5.92 Å². The lowest BCUT2D eigenvalue weighted by atomic mass is 10.0. The Hall–Kier alpha value is -1.55. The van der Waals surface area contributed by atoms with E-state index < -0.39 is 0 Å². The van der Waals surface area contributed by atoms with E-state index in [-0.39, 0.29) is 12.0 Å². The van der Waals surface area contributed by atoms with Crippen molar-refractivity contribution in [3.63, 3.8) is 0 Å². The van der Waals surface area contributed by atoms with Crippen LogP contribution < -0.4 is 15.4 Å². The van der Waals surface area contributed by atoms with Crippen molar-refractivity contribution in [2.45, 2.75) is 39.7 Å². The molecule has 1 heterocycles. The first-order valence-electron chi connectivity index (χ1n) is 7.30. The Bertz CT molecular complexity index is 485. The maximum atomic E-state index is 11.9. The van der Waals surface area contributed by atoms with E-state index in [1.165, 1.54) is 5.56 Å². The monoisotopic (exact) mass is 276 g/mol. The number of hydrogen-bond acceptors (Lipinski definition) is 3. The van der Waals surface area contributed by atoms with Crippen molar-refractivity contribution in [2.24, 2.45) is 11.7 Å². The van der Waals surface area contributed by atoms with Gasteiger partial charge in [0.15, 0.2) is 0 Å². The summed E-state index contributed by atoms with van der Waals surface area (Å²) < 4.78 is 6.01. The molecule has 2 rings (SSSR count). The number of nitrogens with zero attached hydrogens (tertiary/aromatic N) is 1. The lowest BCUT2D eigenvalue weighted by Crippen LogP contribution is -2.44. The largest absolute Gasteiger partial charge is 0.486 e. The highest BCUT2D eigenvalue weighted by Crippen LogP contribution is 2.36. The van der Waals surface area contributed by atoms with Crippen LogP contribution in [-0.4, -0.2) is 25.1 Å². The molecule has 20 heavy (non-hydrogen) atoms. The van der Waals surface area contributed by atoms with Crippen LogP contribution in [-0.2, 0) is 11.2 Å². The number of benzene rings is 1. The Kier molecular flexibility index (Phi) is 4.65. The fourth-order valence-electron chi connectivity index (χ4n) is 2.46. The van der Waals surface area contributed by atoms with Gasteiger partial charge in [0.05, 0.1) is 12.2 Å². The van der Waals surface area contributed by atoms with E-state index in [1.54, 1.807) is 6.92 Å². The molecular formula is C16H24N2O2. The highest BCUT2D eigenvalue weighted by Gasteiger charge is 2.29. The normalized spacial score (nSPS) is 17.9. The van der Waals surface area contributed by atoms with Crippen LogP contribution in [0.3, 0.4) is 0 Å². The molecule has 1 amide bonds. The SMILES string of the molecule is CC(=O)N1CC(C(C)C)Oc2ccc(CCCN)cc21. The average molecular weight is 276 g/mol. The first-order chi connectivity index (χ1) is 9.52. The van der Waals surface area contributed by atoms with Crippen LogP contribution in [0.2, 0.25) is 0 Å². The van der Waals surface area contributed by atoms with Crippen molar-refractivity contribution < 1.29 is 9.53 Å². The maximum absolute atomic E-state index is 11.9. The molecule has 1 unspecified atom stereocenters. The number of ether oxygens (including phenoxy) is 1. The Balaban J connectivity index is 2.31. The van der Waals surface area contributed by atoms with E-state index in [4.69, 9.17) is 10.5 Å². The molecule has 0 bridgehead atoms. The van der Waals surface area contributed by atoms with Crippen LogP contribution in [0.15, 0.2) is 18.2 Å². The number of amides is 1. The highest BCUT2D eigenvalue weighted by atomic mass is 16.5. The van der Waals surface area contributed by atoms with Gasteiger partial charge in [0, 0.05) is 6.92 Å². The van der Waals surface area contributed by atoms with Gasteiger partial charge in [-0.1, -0.05) is 19.9 Å². The van der Waals surface area contributed by atoms with Crippen molar-refractivity contribution >= 4 is 11.6 Å². The third-order valence-corrected chi connectivity index (χ3v) is 3.75. The van der Waals surface area contributed by atoms with Crippen molar-refractivity contribution in [3.8, 4) is 5.75 Å². The fourth-order valence-corrected chi connectivity index (χ4v) is 2.46. The summed E-state index contributed by atoms with van der Waals surface area (Å²) in [6.07, 6.45) is 1.94. The Morgan fingerprint density at radius 1 is 1.50 bits per heavy atom. The highest BCUT2D eigenvalue weighted by molar-refractivity contribution is 5.93. The average Bonchev–Trinajstić information content (AvgIpc) is 2.43. The van der Waals surface area contributed by atoms with Crippen LogP contribution in [0.1, 0.15) is 32.8 Å². The van der Waals surface area contributed by atoms with Crippen LogP contribution >= 0.6 is 0 Å². The molecule has 110 valence electrons. The molecule has 2 N–H and O–H groups in total. The summed E-state index contributed by atoms with van der Waals surface area (Å²) in [5.74, 6) is 1.25. The molecule has 0 saturated carbocycles. The molecule has 0 radical (unpaired) electrons. The minimum Gasteiger partial charge on any atom is -0.486 e. The van der Waals surface area contributed by atoms with Gasteiger partial charge < -0.3 is 15.4 Å². The molecule has 0 saturated heterocycles. The zero-order valence-electron chi connectivity index (χ0n) is 12.6. The second-order valence-electron chi connectivity index (χ2n) is 5.72. The number of rotatable bonds is 4. The molecule has 0 aliphatic carbocycles. The van der Waals surface area contributed by atoms with Crippen molar-refractivity contribution in [1.82, 2.24) is 0 Å². The molecule has 1 aromatic carbocycles. The molecule has 0 spiro atoms. The topological polar surface area (TPSA) is 55.6 Å². The predicted molar refractivity (Wildman–Crippen MR) is 81.1 cm³/mol. The number of fused-ring (bicyclic) bond motifs is 1. The lowest BCUT2D eigenvalue weighted by molar-refractivity contribution is -0.117. The number of carbonyl (C=O) groups is 1. The van der Waals surface area contributed by atoms with E-state index in [0.29, 0.717) is 19.0 Å². The molecule has 4 heteroatoms. The zero-order chi connectivity index (χ0) is 14.7. The third-order valence-electron chi connectivity index (χ3n) is 3.75. The van der Waals surface area contributed by atoms with Gasteiger partial charge in [0.25, 0.3) is 0 Å². The smallest absolute Gasteiger partial charge is 0.224 e. The second-order valence-corrected chi connectivity index (χ2v) is 5.72. The number of nitrogens with two attached hydrogens (primary N) is 1. The summed E-state index contributed by atoms with van der Waals surface area (Å²) in [6, 6.07) is 6.10. The molecular weight excluding hydrogens is 252 g/mol. The Morgan fingerprint density at radius 2 is 2.25 bits per heavy atom.